The molecule has 1 atom stereocenters. The average molecular weight is 510 g/mol. The lowest BCUT2D eigenvalue weighted by molar-refractivity contribution is 0.0955. The molecule has 2 rings (SSSR count). The maximum atomic E-state index is 11.8. The van der Waals surface area contributed by atoms with E-state index in [1.807, 2.05) is 34.6 Å². The number of rotatable bonds is 10. The predicted octanol–water partition coefficient (Wildman–Crippen LogP) is 5.10. The van der Waals surface area contributed by atoms with E-state index in [2.05, 4.69) is 17.2 Å². The van der Waals surface area contributed by atoms with E-state index in [-0.39, 0.29) is 12.1 Å². The molecule has 1 unspecified atom stereocenters. The Labute approximate surface area is 217 Å². The van der Waals surface area contributed by atoms with Crippen LogP contribution in [0.2, 0.25) is 0 Å². The van der Waals surface area contributed by atoms with Crippen molar-refractivity contribution < 1.29 is 18.7 Å². The first-order valence-electron chi connectivity index (χ1n) is 12.3. The summed E-state index contributed by atoms with van der Waals surface area (Å²) in [5.41, 5.74) is 8.78. The number of hydrazine groups is 1. The highest BCUT2D eigenvalue weighted by atomic mass is 19.1. The molecule has 8 nitrogen and oxygen atoms in total. The van der Waals surface area contributed by atoms with E-state index in [1.54, 1.807) is 45.4 Å². The summed E-state index contributed by atoms with van der Waals surface area (Å²) in [4.78, 5) is 11.8. The number of carbonyl (C=O) groups is 1. The van der Waals surface area contributed by atoms with Crippen molar-refractivity contribution in [1.82, 2.24) is 10.6 Å². The first-order chi connectivity index (χ1) is 17.2. The molecule has 1 aromatic carbocycles. The van der Waals surface area contributed by atoms with Crippen molar-refractivity contribution in [3.8, 4) is 0 Å². The van der Waals surface area contributed by atoms with Gasteiger partial charge in [0.25, 0.3) is 5.91 Å². The summed E-state index contributed by atoms with van der Waals surface area (Å²) in [6.07, 6.45) is 4.66. The molecule has 1 amide bonds. The number of carbonyl (C=O) groups excluding carboxylic acids is 1. The van der Waals surface area contributed by atoms with Gasteiger partial charge in [0.15, 0.2) is 0 Å². The standard InChI is InChI=1S/C17H27N5O2.C5H10O.C3H5F.C2H6/c1-4-20-16(23)12-5-9-14(10-6-12)22(19)11(2)15(18)17(24-3)21-13-7-8-13;1-4-5(2)6-3;1-2-3-4;1-2/h5-6,9-10,13,17,21H,4,7-8,18-19H2,1-3H3,(H,20,23);2,4H2,1,3H3;2-3H,1H3;1-2H3/b15-11-;;3-2+;. The molecule has 6 N–H and O–H groups in total. The molecular weight excluding hydrogens is 461 g/mol. The Hall–Kier alpha value is -2.88. The fourth-order valence-electron chi connectivity index (χ4n) is 2.45. The van der Waals surface area contributed by atoms with Crippen molar-refractivity contribution in [3.05, 3.63) is 66.0 Å². The van der Waals surface area contributed by atoms with Crippen molar-refractivity contribution >= 4 is 11.6 Å². The Morgan fingerprint density at radius 2 is 1.78 bits per heavy atom. The van der Waals surface area contributed by atoms with Gasteiger partial charge in [-0.1, -0.05) is 33.4 Å². The number of allylic oxidation sites excluding steroid dienone is 3. The Morgan fingerprint density at radius 3 is 2.11 bits per heavy atom. The maximum Gasteiger partial charge on any atom is 0.251 e. The lowest BCUT2D eigenvalue weighted by Gasteiger charge is -2.25. The number of hydrogen-bond acceptors (Lipinski definition) is 7. The highest BCUT2D eigenvalue weighted by Crippen LogP contribution is 2.22. The van der Waals surface area contributed by atoms with E-state index >= 15 is 0 Å². The quantitative estimate of drug-likeness (QED) is 0.150. The smallest absolute Gasteiger partial charge is 0.251 e. The molecule has 1 fully saturated rings. The number of anilines is 1. The Balaban J connectivity index is 0. The normalized spacial score (nSPS) is 13.4. The maximum absolute atomic E-state index is 11.8. The summed E-state index contributed by atoms with van der Waals surface area (Å²) >= 11 is 0. The van der Waals surface area contributed by atoms with Gasteiger partial charge in [0, 0.05) is 31.7 Å². The SMILES string of the molecule is C/C=C/F.C=C(CC)OC.CC.CCNC(=O)c1ccc(N(N)/C(C)=C(\N)C(NC2CC2)OC)cc1. The molecule has 36 heavy (non-hydrogen) atoms. The van der Waals surface area contributed by atoms with Gasteiger partial charge in [-0.2, -0.15) is 0 Å². The third-order valence-corrected chi connectivity index (χ3v) is 4.82. The van der Waals surface area contributed by atoms with Crippen LogP contribution in [0.3, 0.4) is 0 Å². The van der Waals surface area contributed by atoms with Crippen LogP contribution in [0.4, 0.5) is 10.1 Å². The van der Waals surface area contributed by atoms with Crippen molar-refractivity contribution in [2.45, 2.75) is 73.1 Å². The summed E-state index contributed by atoms with van der Waals surface area (Å²) in [7, 11) is 3.24. The minimum Gasteiger partial charge on any atom is -0.502 e. The van der Waals surface area contributed by atoms with E-state index in [1.165, 1.54) is 11.1 Å². The van der Waals surface area contributed by atoms with E-state index in [0.29, 0.717) is 35.9 Å². The van der Waals surface area contributed by atoms with Crippen LogP contribution in [0.1, 0.15) is 71.2 Å². The highest BCUT2D eigenvalue weighted by molar-refractivity contribution is 5.94. The largest absolute Gasteiger partial charge is 0.502 e. The van der Waals surface area contributed by atoms with Crippen molar-refractivity contribution in [1.29, 1.82) is 0 Å². The van der Waals surface area contributed by atoms with Gasteiger partial charge in [0.05, 0.1) is 36.3 Å². The van der Waals surface area contributed by atoms with Gasteiger partial charge in [0.2, 0.25) is 0 Å². The van der Waals surface area contributed by atoms with Crippen molar-refractivity contribution in [2.24, 2.45) is 11.6 Å². The summed E-state index contributed by atoms with van der Waals surface area (Å²) in [5.74, 6) is 6.91. The van der Waals surface area contributed by atoms with Crippen molar-refractivity contribution in [2.75, 3.05) is 25.8 Å². The van der Waals surface area contributed by atoms with Crippen LogP contribution >= 0.6 is 0 Å². The van der Waals surface area contributed by atoms with Gasteiger partial charge in [-0.3, -0.25) is 15.1 Å². The van der Waals surface area contributed by atoms with Crippen LogP contribution < -0.4 is 27.2 Å². The number of nitrogens with two attached hydrogens (primary N) is 2. The zero-order chi connectivity index (χ0) is 28.1. The molecule has 1 aliphatic rings. The third kappa shape index (κ3) is 14.5. The number of nitrogens with zero attached hydrogens (tertiary/aromatic N) is 1. The van der Waals surface area contributed by atoms with Crippen LogP contribution in [0.25, 0.3) is 0 Å². The summed E-state index contributed by atoms with van der Waals surface area (Å²) < 4.78 is 20.7. The van der Waals surface area contributed by atoms with E-state index in [0.717, 1.165) is 30.7 Å². The fraction of sp³-hybridized carbons (Fsp3) is 0.519. The topological polar surface area (TPSA) is 115 Å². The molecule has 0 spiro atoms. The Kier molecular flexibility index (Phi) is 21.0. The average Bonchev–Trinajstić information content (AvgIpc) is 3.76. The number of amides is 1. The molecule has 1 saturated carbocycles. The minimum atomic E-state index is -0.363. The molecule has 0 radical (unpaired) electrons. The number of methoxy groups -OCH3 is 2. The second-order valence-electron chi connectivity index (χ2n) is 7.43. The second-order valence-corrected chi connectivity index (χ2v) is 7.43. The number of nitrogens with one attached hydrogen (secondary N) is 2. The number of hydrogen-bond donors (Lipinski definition) is 4. The van der Waals surface area contributed by atoms with E-state index in [9.17, 15) is 9.18 Å². The summed E-state index contributed by atoms with van der Waals surface area (Å²) in [6.45, 7) is 15.5. The van der Waals surface area contributed by atoms with Gasteiger partial charge in [0.1, 0.15) is 6.23 Å². The number of benzene rings is 1. The number of halogens is 1. The molecule has 0 bridgehead atoms. The van der Waals surface area contributed by atoms with Gasteiger partial charge in [-0.25, -0.2) is 10.2 Å². The lowest BCUT2D eigenvalue weighted by Crippen LogP contribution is -2.41. The first-order valence-corrected chi connectivity index (χ1v) is 12.3. The zero-order valence-electron chi connectivity index (χ0n) is 23.4. The van der Waals surface area contributed by atoms with E-state index in [4.69, 9.17) is 21.1 Å². The molecule has 0 heterocycles. The molecule has 1 aromatic rings. The zero-order valence-corrected chi connectivity index (χ0v) is 23.4. The van der Waals surface area contributed by atoms with Crippen LogP contribution in [-0.2, 0) is 9.47 Å². The van der Waals surface area contributed by atoms with Gasteiger partial charge < -0.3 is 20.5 Å². The Bertz CT molecular complexity index is 783. The predicted molar refractivity (Wildman–Crippen MR) is 149 cm³/mol. The van der Waals surface area contributed by atoms with E-state index < -0.39 is 0 Å². The lowest BCUT2D eigenvalue weighted by atomic mass is 10.2. The molecule has 1 aliphatic carbocycles. The monoisotopic (exact) mass is 509 g/mol. The highest BCUT2D eigenvalue weighted by Gasteiger charge is 2.27. The van der Waals surface area contributed by atoms with Crippen molar-refractivity contribution in [3.63, 3.8) is 0 Å². The van der Waals surface area contributed by atoms with Gasteiger partial charge in [-0.15, -0.1) is 0 Å². The fourth-order valence-corrected chi connectivity index (χ4v) is 2.45. The summed E-state index contributed by atoms with van der Waals surface area (Å²) in [6, 6.07) is 7.51. The molecule has 0 aromatic heterocycles. The molecular formula is C27H48FN5O3. The van der Waals surface area contributed by atoms with Gasteiger partial charge >= 0.3 is 0 Å². The van der Waals surface area contributed by atoms with Gasteiger partial charge in [-0.05, 0) is 57.9 Å². The Morgan fingerprint density at radius 1 is 1.25 bits per heavy atom. The molecule has 206 valence electrons. The molecule has 0 aliphatic heterocycles. The van der Waals surface area contributed by atoms with Crippen LogP contribution in [0.15, 0.2) is 60.4 Å². The summed E-state index contributed by atoms with van der Waals surface area (Å²) in [5, 5.41) is 7.58. The number of ether oxygens (including phenoxy) is 2. The molecule has 9 heteroatoms. The minimum absolute atomic E-state index is 0.104. The second kappa shape index (κ2) is 21.4. The first kappa shape index (κ1) is 35.3. The van der Waals surface area contributed by atoms with Crippen LogP contribution in [0.5, 0.6) is 0 Å². The third-order valence-electron chi connectivity index (χ3n) is 4.82. The molecule has 0 saturated heterocycles. The van der Waals surface area contributed by atoms with Crippen LogP contribution in [0, 0.1) is 0 Å². The van der Waals surface area contributed by atoms with Crippen LogP contribution in [-0.4, -0.2) is 38.9 Å².